The summed E-state index contributed by atoms with van der Waals surface area (Å²) in [5, 5.41) is 0. The molecular formula is C11H9ClF4N2. The zero-order valence-corrected chi connectivity index (χ0v) is 9.89. The van der Waals surface area contributed by atoms with Gasteiger partial charge >= 0.3 is 6.18 Å². The molecule has 0 bridgehead atoms. The Balaban J connectivity index is 2.42. The largest absolute Gasteiger partial charge is 0.390 e. The van der Waals surface area contributed by atoms with Crippen molar-refractivity contribution in [2.75, 3.05) is 0 Å². The summed E-state index contributed by atoms with van der Waals surface area (Å²) in [6.07, 6.45) is -5.27. The molecule has 0 amide bonds. The third kappa shape index (κ3) is 2.75. The fraction of sp³-hybridized carbons (Fsp3) is 0.364. The number of aromatic nitrogens is 2. The molecule has 0 aliphatic rings. The molecule has 0 atom stereocenters. The maximum Gasteiger partial charge on any atom is 0.390 e. The average Bonchev–Trinajstić information content (AvgIpc) is 2.62. The second-order valence-corrected chi connectivity index (χ2v) is 4.08. The zero-order valence-electron chi connectivity index (χ0n) is 9.14. The Hall–Kier alpha value is -1.30. The van der Waals surface area contributed by atoms with Crippen LogP contribution in [0.25, 0.3) is 11.0 Å². The number of rotatable bonds is 3. The zero-order chi connectivity index (χ0) is 13.3. The van der Waals surface area contributed by atoms with Crippen LogP contribution in [0.15, 0.2) is 18.2 Å². The summed E-state index contributed by atoms with van der Waals surface area (Å²) in [6.45, 7) is -0.314. The van der Waals surface area contributed by atoms with Crippen molar-refractivity contribution in [3.05, 3.63) is 29.8 Å². The Labute approximate surface area is 105 Å². The molecule has 18 heavy (non-hydrogen) atoms. The molecule has 0 N–H and O–H groups in total. The van der Waals surface area contributed by atoms with Crippen molar-refractivity contribution in [2.45, 2.75) is 25.0 Å². The van der Waals surface area contributed by atoms with Crippen molar-refractivity contribution in [3.63, 3.8) is 0 Å². The number of fused-ring (bicyclic) bond motifs is 1. The Morgan fingerprint density at radius 2 is 2.00 bits per heavy atom. The first-order valence-corrected chi connectivity index (χ1v) is 5.71. The number of hydrogen-bond acceptors (Lipinski definition) is 1. The van der Waals surface area contributed by atoms with Gasteiger partial charge in [0.05, 0.1) is 23.3 Å². The van der Waals surface area contributed by atoms with Gasteiger partial charge in [0.1, 0.15) is 11.6 Å². The minimum absolute atomic E-state index is 0.0197. The lowest BCUT2D eigenvalue weighted by Crippen LogP contribution is -2.13. The van der Waals surface area contributed by atoms with Crippen LogP contribution in [0.5, 0.6) is 0 Å². The van der Waals surface area contributed by atoms with Crippen molar-refractivity contribution in [1.82, 2.24) is 9.55 Å². The molecule has 2 aromatic rings. The molecule has 0 aliphatic heterocycles. The highest BCUT2D eigenvalue weighted by Crippen LogP contribution is 2.24. The summed E-state index contributed by atoms with van der Waals surface area (Å²) in [6, 6.07) is 3.79. The van der Waals surface area contributed by atoms with Crippen molar-refractivity contribution < 1.29 is 17.6 Å². The maximum atomic E-state index is 13.1. The number of aryl methyl sites for hydroxylation is 1. The lowest BCUT2D eigenvalue weighted by atomic mass is 10.3. The maximum absolute atomic E-state index is 13.1. The monoisotopic (exact) mass is 280 g/mol. The highest BCUT2D eigenvalue weighted by Gasteiger charge is 2.27. The van der Waals surface area contributed by atoms with Crippen LogP contribution in [0.4, 0.5) is 17.6 Å². The molecule has 2 rings (SSSR count). The number of nitrogens with zero attached hydrogens (tertiary/aromatic N) is 2. The van der Waals surface area contributed by atoms with Crippen molar-refractivity contribution in [1.29, 1.82) is 0 Å². The highest BCUT2D eigenvalue weighted by molar-refractivity contribution is 6.16. The lowest BCUT2D eigenvalue weighted by molar-refractivity contribution is -0.136. The standard InChI is InChI=1S/C11H9ClF4N2/c12-6-10-17-8-2-1-7(13)5-9(8)18(10)4-3-11(14,15)16/h1-2,5H,3-4,6H2. The normalized spacial score (nSPS) is 12.3. The van der Waals surface area contributed by atoms with E-state index in [0.29, 0.717) is 16.9 Å². The van der Waals surface area contributed by atoms with E-state index in [-0.39, 0.29) is 12.4 Å². The van der Waals surface area contributed by atoms with Crippen molar-refractivity contribution in [3.8, 4) is 0 Å². The second-order valence-electron chi connectivity index (χ2n) is 3.81. The molecule has 0 spiro atoms. The number of benzene rings is 1. The van der Waals surface area contributed by atoms with Gasteiger partial charge < -0.3 is 4.57 Å². The topological polar surface area (TPSA) is 17.8 Å². The summed E-state index contributed by atoms with van der Waals surface area (Å²) in [5.41, 5.74) is 0.768. The lowest BCUT2D eigenvalue weighted by Gasteiger charge is -2.10. The molecule has 0 saturated carbocycles. The van der Waals surface area contributed by atoms with Gasteiger partial charge in [-0.3, -0.25) is 0 Å². The van der Waals surface area contributed by atoms with Crippen molar-refractivity contribution >= 4 is 22.6 Å². The van der Waals surface area contributed by atoms with Crippen LogP contribution in [0.2, 0.25) is 0 Å². The summed E-state index contributed by atoms with van der Waals surface area (Å²) in [5.74, 6) is -0.230. The molecule has 0 aliphatic carbocycles. The smallest absolute Gasteiger partial charge is 0.327 e. The second kappa shape index (κ2) is 4.76. The molecule has 1 aromatic carbocycles. The molecule has 0 radical (unpaired) electrons. The predicted octanol–water partition coefficient (Wildman–Crippen LogP) is 3.87. The van der Waals surface area contributed by atoms with Gasteiger partial charge in [0, 0.05) is 6.54 Å². The summed E-state index contributed by atoms with van der Waals surface area (Å²) >= 11 is 5.64. The van der Waals surface area contributed by atoms with E-state index >= 15 is 0 Å². The van der Waals surface area contributed by atoms with Gasteiger partial charge in [-0.1, -0.05) is 0 Å². The van der Waals surface area contributed by atoms with E-state index in [1.165, 1.54) is 16.7 Å². The average molecular weight is 281 g/mol. The minimum Gasteiger partial charge on any atom is -0.327 e. The van der Waals surface area contributed by atoms with E-state index in [2.05, 4.69) is 4.98 Å². The Morgan fingerprint density at radius 3 is 2.61 bits per heavy atom. The predicted molar refractivity (Wildman–Crippen MR) is 59.9 cm³/mol. The minimum atomic E-state index is -4.27. The fourth-order valence-electron chi connectivity index (χ4n) is 1.74. The van der Waals surface area contributed by atoms with Crippen molar-refractivity contribution in [2.24, 2.45) is 0 Å². The number of alkyl halides is 4. The summed E-state index contributed by atoms with van der Waals surface area (Å²) < 4.78 is 51.1. The first-order valence-electron chi connectivity index (χ1n) is 5.18. The third-order valence-corrected chi connectivity index (χ3v) is 2.77. The molecule has 0 saturated heterocycles. The number of imidazole rings is 1. The first-order chi connectivity index (χ1) is 8.40. The van der Waals surface area contributed by atoms with Crippen LogP contribution in [-0.2, 0) is 12.4 Å². The molecule has 0 fully saturated rings. The first kappa shape index (κ1) is 13.1. The molecule has 2 nitrogen and oxygen atoms in total. The van der Waals surface area contributed by atoms with E-state index < -0.39 is 18.4 Å². The quantitative estimate of drug-likeness (QED) is 0.616. The van der Waals surface area contributed by atoms with E-state index in [1.807, 2.05) is 0 Å². The molecule has 1 aromatic heterocycles. The van der Waals surface area contributed by atoms with Gasteiger partial charge in [0.25, 0.3) is 0 Å². The Bertz CT molecular complexity index is 562. The number of hydrogen-bond donors (Lipinski definition) is 0. The molecule has 7 heteroatoms. The van der Waals surface area contributed by atoms with Crippen LogP contribution in [0, 0.1) is 5.82 Å². The van der Waals surface area contributed by atoms with E-state index in [9.17, 15) is 17.6 Å². The van der Waals surface area contributed by atoms with Crippen LogP contribution >= 0.6 is 11.6 Å². The van der Waals surface area contributed by atoms with E-state index in [1.54, 1.807) is 0 Å². The van der Waals surface area contributed by atoms with Gasteiger partial charge in [-0.25, -0.2) is 9.37 Å². The summed E-state index contributed by atoms with van der Waals surface area (Å²) in [7, 11) is 0. The molecule has 98 valence electrons. The fourth-order valence-corrected chi connectivity index (χ4v) is 1.94. The molecular weight excluding hydrogens is 272 g/mol. The van der Waals surface area contributed by atoms with E-state index in [0.717, 1.165) is 6.07 Å². The van der Waals surface area contributed by atoms with Crippen LogP contribution in [0.1, 0.15) is 12.2 Å². The molecule has 0 unspecified atom stereocenters. The van der Waals surface area contributed by atoms with Crippen LogP contribution in [0.3, 0.4) is 0 Å². The SMILES string of the molecule is Fc1ccc2nc(CCl)n(CCC(F)(F)F)c2c1. The number of halogens is 5. The van der Waals surface area contributed by atoms with Crippen LogP contribution < -0.4 is 0 Å². The van der Waals surface area contributed by atoms with Gasteiger partial charge in [0.15, 0.2) is 0 Å². The van der Waals surface area contributed by atoms with E-state index in [4.69, 9.17) is 11.6 Å². The Kier molecular flexibility index (Phi) is 3.47. The third-order valence-electron chi connectivity index (χ3n) is 2.53. The highest BCUT2D eigenvalue weighted by atomic mass is 35.5. The Morgan fingerprint density at radius 1 is 1.28 bits per heavy atom. The van der Waals surface area contributed by atoms with Gasteiger partial charge in [-0.15, -0.1) is 11.6 Å². The van der Waals surface area contributed by atoms with Gasteiger partial charge in [0.2, 0.25) is 0 Å². The van der Waals surface area contributed by atoms with Gasteiger partial charge in [-0.2, -0.15) is 13.2 Å². The van der Waals surface area contributed by atoms with Crippen LogP contribution in [-0.4, -0.2) is 15.7 Å². The van der Waals surface area contributed by atoms with Gasteiger partial charge in [-0.05, 0) is 18.2 Å². The molecule has 1 heterocycles. The summed E-state index contributed by atoms with van der Waals surface area (Å²) in [4.78, 5) is 4.07.